The van der Waals surface area contributed by atoms with Crippen LogP contribution in [0.3, 0.4) is 0 Å². The van der Waals surface area contributed by atoms with Gasteiger partial charge in [0.05, 0.1) is 16.7 Å². The number of hydrogen-bond acceptors (Lipinski definition) is 3. The Bertz CT molecular complexity index is 809. The van der Waals surface area contributed by atoms with Gasteiger partial charge in [-0.05, 0) is 57.6 Å². The molecule has 3 heterocycles. The van der Waals surface area contributed by atoms with E-state index in [0.717, 1.165) is 79.5 Å². The molecule has 0 radical (unpaired) electrons. The highest BCUT2D eigenvalue weighted by Gasteiger charge is 2.37. The number of carbonyl (C=O) groups excluding carboxylic acids is 1. The van der Waals surface area contributed by atoms with E-state index in [1.807, 2.05) is 30.0 Å². The number of pyridine rings is 1. The molecule has 0 aliphatic carbocycles. The Morgan fingerprint density at radius 2 is 2.00 bits per heavy atom. The van der Waals surface area contributed by atoms with E-state index >= 15 is 0 Å². The van der Waals surface area contributed by atoms with Gasteiger partial charge in [-0.2, -0.15) is 0 Å². The summed E-state index contributed by atoms with van der Waals surface area (Å²) in [6.45, 7) is 6.50. The van der Waals surface area contributed by atoms with Gasteiger partial charge in [-0.25, -0.2) is 0 Å². The van der Waals surface area contributed by atoms with E-state index in [1.165, 1.54) is 0 Å². The third-order valence-electron chi connectivity index (χ3n) is 5.77. The number of likely N-dealkylation sites (tertiary alicyclic amines) is 1. The van der Waals surface area contributed by atoms with Gasteiger partial charge < -0.3 is 9.64 Å². The van der Waals surface area contributed by atoms with Crippen molar-refractivity contribution in [1.82, 2.24) is 9.88 Å². The van der Waals surface area contributed by atoms with Crippen LogP contribution in [0.2, 0.25) is 0 Å². The lowest BCUT2D eigenvalue weighted by Crippen LogP contribution is -2.34. The molecule has 4 rings (SSSR count). The van der Waals surface area contributed by atoms with Gasteiger partial charge in [0.2, 0.25) is 0 Å². The van der Waals surface area contributed by atoms with Gasteiger partial charge in [0.1, 0.15) is 0 Å². The highest BCUT2D eigenvalue weighted by atomic mass is 16.5. The van der Waals surface area contributed by atoms with E-state index in [1.54, 1.807) is 0 Å². The quantitative estimate of drug-likeness (QED) is 0.788. The van der Waals surface area contributed by atoms with E-state index in [4.69, 9.17) is 4.74 Å². The number of nitrogens with zero attached hydrogens (tertiary/aromatic N) is 2. The second-order valence-corrected chi connectivity index (χ2v) is 7.56. The fourth-order valence-electron chi connectivity index (χ4n) is 4.39. The van der Waals surface area contributed by atoms with Crippen LogP contribution >= 0.6 is 0 Å². The summed E-state index contributed by atoms with van der Waals surface area (Å²) in [5.74, 6) is 0.135. The van der Waals surface area contributed by atoms with Crippen LogP contribution in [0.25, 0.3) is 10.9 Å². The summed E-state index contributed by atoms with van der Waals surface area (Å²) in [5, 5.41) is 0.965. The van der Waals surface area contributed by atoms with E-state index < -0.39 is 0 Å². The third kappa shape index (κ3) is 3.04. The standard InChI is InChI=1S/C21H26N2O2/c1-15-6-3-7-17-18(14-16(2)22-19(15)17)20(24)23-11-4-8-21(10-12-23)9-5-13-25-21/h3,6-7,14H,4-5,8-13H2,1-2H3. The number of ether oxygens (including phenoxy) is 1. The van der Waals surface area contributed by atoms with Gasteiger partial charge in [0.25, 0.3) is 5.91 Å². The fourth-order valence-corrected chi connectivity index (χ4v) is 4.39. The van der Waals surface area contributed by atoms with Crippen LogP contribution in [0.1, 0.15) is 53.7 Å². The molecule has 2 aliphatic rings. The van der Waals surface area contributed by atoms with Crippen molar-refractivity contribution in [3.63, 3.8) is 0 Å². The molecule has 132 valence electrons. The maximum atomic E-state index is 13.3. The van der Waals surface area contributed by atoms with Gasteiger partial charge >= 0.3 is 0 Å². The number of aromatic nitrogens is 1. The Morgan fingerprint density at radius 1 is 1.16 bits per heavy atom. The molecule has 2 saturated heterocycles. The summed E-state index contributed by atoms with van der Waals surface area (Å²) in [7, 11) is 0. The number of aryl methyl sites for hydroxylation is 2. The summed E-state index contributed by atoms with van der Waals surface area (Å²) in [5.41, 5.74) is 3.77. The monoisotopic (exact) mass is 338 g/mol. The Balaban J connectivity index is 1.65. The smallest absolute Gasteiger partial charge is 0.254 e. The molecule has 1 aromatic heterocycles. The van der Waals surface area contributed by atoms with Crippen molar-refractivity contribution >= 4 is 16.8 Å². The molecule has 2 fully saturated rings. The van der Waals surface area contributed by atoms with Gasteiger partial charge in [-0.3, -0.25) is 9.78 Å². The molecule has 1 spiro atoms. The highest BCUT2D eigenvalue weighted by Crippen LogP contribution is 2.36. The van der Waals surface area contributed by atoms with Crippen molar-refractivity contribution in [3.8, 4) is 0 Å². The minimum atomic E-state index is 0.0296. The molecule has 0 bridgehead atoms. The molecule has 0 N–H and O–H groups in total. The molecular formula is C21H26N2O2. The minimum absolute atomic E-state index is 0.0296. The molecule has 2 aromatic rings. The molecule has 1 amide bonds. The maximum absolute atomic E-state index is 13.3. The number of benzene rings is 1. The zero-order valence-electron chi connectivity index (χ0n) is 15.2. The molecule has 4 heteroatoms. The SMILES string of the molecule is Cc1cc(C(=O)N2CCCC3(CCCO3)CC2)c2cccc(C)c2n1. The number of para-hydroxylation sites is 1. The van der Waals surface area contributed by atoms with Crippen LogP contribution < -0.4 is 0 Å². The summed E-state index contributed by atoms with van der Waals surface area (Å²) in [6.07, 6.45) is 5.35. The number of carbonyl (C=O) groups is 1. The second kappa shape index (κ2) is 6.41. The molecule has 25 heavy (non-hydrogen) atoms. The molecule has 1 unspecified atom stereocenters. The Hall–Kier alpha value is -1.94. The fraction of sp³-hybridized carbons (Fsp3) is 0.524. The third-order valence-corrected chi connectivity index (χ3v) is 5.77. The van der Waals surface area contributed by atoms with Crippen LogP contribution in [-0.4, -0.2) is 41.1 Å². The van der Waals surface area contributed by atoms with Crippen LogP contribution in [0.4, 0.5) is 0 Å². The van der Waals surface area contributed by atoms with Crippen molar-refractivity contribution in [2.45, 2.75) is 51.6 Å². The van der Waals surface area contributed by atoms with Crippen molar-refractivity contribution < 1.29 is 9.53 Å². The molecular weight excluding hydrogens is 312 g/mol. The number of hydrogen-bond donors (Lipinski definition) is 0. The summed E-state index contributed by atoms with van der Waals surface area (Å²) in [6, 6.07) is 8.02. The first kappa shape index (κ1) is 16.5. The lowest BCUT2D eigenvalue weighted by atomic mass is 9.92. The Labute approximate surface area is 149 Å². The summed E-state index contributed by atoms with van der Waals surface area (Å²) < 4.78 is 6.05. The zero-order valence-corrected chi connectivity index (χ0v) is 15.2. The van der Waals surface area contributed by atoms with Gasteiger partial charge in [-0.15, -0.1) is 0 Å². The van der Waals surface area contributed by atoms with Crippen molar-refractivity contribution in [2.24, 2.45) is 0 Å². The summed E-state index contributed by atoms with van der Waals surface area (Å²) >= 11 is 0. The van der Waals surface area contributed by atoms with E-state index in [-0.39, 0.29) is 11.5 Å². The summed E-state index contributed by atoms with van der Waals surface area (Å²) in [4.78, 5) is 20.0. The van der Waals surface area contributed by atoms with Crippen LogP contribution in [0.15, 0.2) is 24.3 Å². The van der Waals surface area contributed by atoms with Crippen LogP contribution in [0, 0.1) is 13.8 Å². The predicted octanol–water partition coefficient (Wildman–Crippen LogP) is 4.03. The molecule has 1 atom stereocenters. The van der Waals surface area contributed by atoms with E-state index in [9.17, 15) is 4.79 Å². The number of amides is 1. The van der Waals surface area contributed by atoms with Crippen LogP contribution in [-0.2, 0) is 4.74 Å². The topological polar surface area (TPSA) is 42.4 Å². The maximum Gasteiger partial charge on any atom is 0.254 e. The highest BCUT2D eigenvalue weighted by molar-refractivity contribution is 6.06. The van der Waals surface area contributed by atoms with Gasteiger partial charge in [0.15, 0.2) is 0 Å². The number of fused-ring (bicyclic) bond motifs is 1. The van der Waals surface area contributed by atoms with Crippen molar-refractivity contribution in [1.29, 1.82) is 0 Å². The Morgan fingerprint density at radius 3 is 2.80 bits per heavy atom. The van der Waals surface area contributed by atoms with E-state index in [0.29, 0.717) is 0 Å². The lowest BCUT2D eigenvalue weighted by Gasteiger charge is -2.27. The first-order valence-electron chi connectivity index (χ1n) is 9.38. The molecule has 4 nitrogen and oxygen atoms in total. The first-order valence-corrected chi connectivity index (χ1v) is 9.38. The van der Waals surface area contributed by atoms with Gasteiger partial charge in [-0.1, -0.05) is 18.2 Å². The average molecular weight is 338 g/mol. The largest absolute Gasteiger partial charge is 0.375 e. The molecule has 1 aromatic carbocycles. The van der Waals surface area contributed by atoms with Gasteiger partial charge in [0, 0.05) is 30.8 Å². The normalized spacial score (nSPS) is 24.0. The van der Waals surface area contributed by atoms with Crippen molar-refractivity contribution in [3.05, 3.63) is 41.1 Å². The first-order chi connectivity index (χ1) is 12.1. The Kier molecular flexibility index (Phi) is 4.24. The lowest BCUT2D eigenvalue weighted by molar-refractivity contribution is -0.00691. The second-order valence-electron chi connectivity index (χ2n) is 7.56. The van der Waals surface area contributed by atoms with Crippen LogP contribution in [0.5, 0.6) is 0 Å². The molecule has 2 aliphatic heterocycles. The number of rotatable bonds is 1. The predicted molar refractivity (Wildman–Crippen MR) is 98.9 cm³/mol. The zero-order chi connectivity index (χ0) is 17.4. The minimum Gasteiger partial charge on any atom is -0.375 e. The van der Waals surface area contributed by atoms with Crippen molar-refractivity contribution in [2.75, 3.05) is 19.7 Å². The molecule has 0 saturated carbocycles. The average Bonchev–Trinajstić information content (AvgIpc) is 2.95. The van der Waals surface area contributed by atoms with E-state index in [2.05, 4.69) is 18.0 Å².